The molecule has 0 aliphatic carbocycles. The van der Waals surface area contributed by atoms with Gasteiger partial charge in [0.15, 0.2) is 0 Å². The van der Waals surface area contributed by atoms with E-state index in [1.807, 2.05) is 24.3 Å². The average Bonchev–Trinajstić information content (AvgIpc) is 2.37. The third-order valence-electron chi connectivity index (χ3n) is 2.97. The lowest BCUT2D eigenvalue weighted by atomic mass is 9.88. The molecule has 112 valence electrons. The van der Waals surface area contributed by atoms with Crippen molar-refractivity contribution in [3.63, 3.8) is 0 Å². The number of ether oxygens (including phenoxy) is 1. The molecule has 1 rings (SSSR count). The Bertz CT molecular complexity index is 420. The normalized spacial score (nSPS) is 12.8. The van der Waals surface area contributed by atoms with Crippen LogP contribution in [0.15, 0.2) is 24.3 Å². The van der Waals surface area contributed by atoms with Crippen molar-refractivity contribution >= 4 is 5.91 Å². The van der Waals surface area contributed by atoms with E-state index >= 15 is 0 Å². The van der Waals surface area contributed by atoms with Gasteiger partial charge in [-0.3, -0.25) is 4.79 Å². The molecule has 2 N–H and O–H groups in total. The van der Waals surface area contributed by atoms with Crippen LogP contribution in [-0.4, -0.2) is 30.8 Å². The van der Waals surface area contributed by atoms with Crippen LogP contribution in [0, 0.1) is 5.41 Å². The van der Waals surface area contributed by atoms with Crippen molar-refractivity contribution in [2.45, 2.75) is 39.7 Å². The van der Waals surface area contributed by atoms with Crippen molar-refractivity contribution in [2.75, 3.05) is 13.7 Å². The number of nitrogens with one attached hydrogen (secondary N) is 1. The van der Waals surface area contributed by atoms with Gasteiger partial charge < -0.3 is 15.2 Å². The van der Waals surface area contributed by atoms with Crippen molar-refractivity contribution in [1.82, 2.24) is 5.32 Å². The zero-order valence-corrected chi connectivity index (χ0v) is 12.8. The number of aliphatic hydroxyl groups excluding tert-OH is 1. The van der Waals surface area contributed by atoms with E-state index in [1.165, 1.54) is 0 Å². The molecular formula is C16H25NO3. The Morgan fingerprint density at radius 3 is 2.35 bits per heavy atom. The second-order valence-corrected chi connectivity index (χ2v) is 6.24. The summed E-state index contributed by atoms with van der Waals surface area (Å²) in [6.07, 6.45) is 1.06. The smallest absolute Gasteiger partial charge is 0.224 e. The topological polar surface area (TPSA) is 58.6 Å². The van der Waals surface area contributed by atoms with Gasteiger partial charge in [0, 0.05) is 0 Å². The lowest BCUT2D eigenvalue weighted by Crippen LogP contribution is -2.40. The van der Waals surface area contributed by atoms with Gasteiger partial charge in [-0.2, -0.15) is 0 Å². The molecule has 1 aromatic rings. The summed E-state index contributed by atoms with van der Waals surface area (Å²) in [6.45, 7) is 6.23. The highest BCUT2D eigenvalue weighted by Crippen LogP contribution is 2.20. The molecule has 4 heteroatoms. The summed E-state index contributed by atoms with van der Waals surface area (Å²) in [6, 6.07) is 7.22. The zero-order valence-electron chi connectivity index (χ0n) is 12.8. The molecule has 0 aliphatic heterocycles. The van der Waals surface area contributed by atoms with Gasteiger partial charge in [0.1, 0.15) is 5.75 Å². The minimum atomic E-state index is -0.194. The summed E-state index contributed by atoms with van der Waals surface area (Å²) in [7, 11) is 1.61. The maximum atomic E-state index is 12.0. The number of carbonyl (C=O) groups is 1. The van der Waals surface area contributed by atoms with Crippen LogP contribution in [0.1, 0.15) is 32.8 Å². The average molecular weight is 279 g/mol. The maximum absolute atomic E-state index is 12.0. The molecule has 1 unspecified atom stereocenters. The lowest BCUT2D eigenvalue weighted by molar-refractivity contribution is -0.121. The number of aliphatic hydroxyl groups is 1. The molecule has 1 atom stereocenters. The highest BCUT2D eigenvalue weighted by Gasteiger charge is 2.19. The van der Waals surface area contributed by atoms with Crippen molar-refractivity contribution < 1.29 is 14.6 Å². The van der Waals surface area contributed by atoms with Crippen LogP contribution in [0.2, 0.25) is 0 Å². The van der Waals surface area contributed by atoms with Crippen molar-refractivity contribution in [2.24, 2.45) is 5.41 Å². The van der Waals surface area contributed by atoms with E-state index in [-0.39, 0.29) is 24.0 Å². The minimum absolute atomic E-state index is 0.0361. The second-order valence-electron chi connectivity index (χ2n) is 6.24. The largest absolute Gasteiger partial charge is 0.497 e. The van der Waals surface area contributed by atoms with Gasteiger partial charge in [0.2, 0.25) is 5.91 Å². The first-order chi connectivity index (χ1) is 9.34. The highest BCUT2D eigenvalue weighted by atomic mass is 16.5. The molecule has 0 saturated carbocycles. The Hall–Kier alpha value is -1.55. The fourth-order valence-corrected chi connectivity index (χ4v) is 2.11. The summed E-state index contributed by atoms with van der Waals surface area (Å²) < 4.78 is 5.08. The molecule has 0 radical (unpaired) electrons. The minimum Gasteiger partial charge on any atom is -0.497 e. The first kappa shape index (κ1) is 16.5. The molecule has 1 amide bonds. The van der Waals surface area contributed by atoms with E-state index in [0.29, 0.717) is 6.42 Å². The fraction of sp³-hybridized carbons (Fsp3) is 0.562. The highest BCUT2D eigenvalue weighted by molar-refractivity contribution is 5.78. The van der Waals surface area contributed by atoms with Crippen LogP contribution in [0.25, 0.3) is 0 Å². The van der Waals surface area contributed by atoms with Crippen LogP contribution in [0.5, 0.6) is 5.75 Å². The van der Waals surface area contributed by atoms with Crippen molar-refractivity contribution in [3.05, 3.63) is 29.8 Å². The molecule has 0 spiro atoms. The standard InChI is InChI=1S/C16H25NO3/c1-16(2,3)10-13(11-18)17-15(19)9-12-5-7-14(20-4)8-6-12/h5-8,13,18H,9-11H2,1-4H3,(H,17,19). The Morgan fingerprint density at radius 2 is 1.90 bits per heavy atom. The lowest BCUT2D eigenvalue weighted by Gasteiger charge is -2.25. The van der Waals surface area contributed by atoms with Gasteiger partial charge >= 0.3 is 0 Å². The molecule has 0 saturated heterocycles. The van der Waals surface area contributed by atoms with Crippen molar-refractivity contribution in [1.29, 1.82) is 0 Å². The molecule has 0 bridgehead atoms. The molecule has 1 aromatic carbocycles. The summed E-state index contributed by atoms with van der Waals surface area (Å²) in [5.41, 5.74) is 0.997. The number of carbonyl (C=O) groups excluding carboxylic acids is 1. The van der Waals surface area contributed by atoms with Crippen LogP contribution in [0.4, 0.5) is 0 Å². The Balaban J connectivity index is 2.52. The van der Waals surface area contributed by atoms with E-state index in [2.05, 4.69) is 26.1 Å². The van der Waals surface area contributed by atoms with Crippen LogP contribution in [0.3, 0.4) is 0 Å². The third-order valence-corrected chi connectivity index (χ3v) is 2.97. The molecule has 4 nitrogen and oxygen atoms in total. The Morgan fingerprint density at radius 1 is 1.30 bits per heavy atom. The van der Waals surface area contributed by atoms with Gasteiger partial charge in [0.05, 0.1) is 26.2 Å². The first-order valence-corrected chi connectivity index (χ1v) is 6.87. The van der Waals surface area contributed by atoms with Gasteiger partial charge in [0.25, 0.3) is 0 Å². The molecule has 0 fully saturated rings. The summed E-state index contributed by atoms with van der Waals surface area (Å²) in [5, 5.41) is 12.2. The number of methoxy groups -OCH3 is 1. The predicted octanol–water partition coefficient (Wildman–Crippen LogP) is 2.15. The first-order valence-electron chi connectivity index (χ1n) is 6.87. The molecule has 0 aromatic heterocycles. The fourth-order valence-electron chi connectivity index (χ4n) is 2.11. The SMILES string of the molecule is COc1ccc(CC(=O)NC(CO)CC(C)(C)C)cc1. The van der Waals surface area contributed by atoms with Crippen LogP contribution >= 0.6 is 0 Å². The number of rotatable bonds is 6. The van der Waals surface area contributed by atoms with Gasteiger partial charge in [-0.05, 0) is 29.5 Å². The quantitative estimate of drug-likeness (QED) is 0.839. The van der Waals surface area contributed by atoms with Crippen LogP contribution < -0.4 is 10.1 Å². The van der Waals surface area contributed by atoms with Crippen molar-refractivity contribution in [3.8, 4) is 5.75 Å². The molecular weight excluding hydrogens is 254 g/mol. The zero-order chi connectivity index (χ0) is 15.2. The Labute approximate surface area is 121 Å². The summed E-state index contributed by atoms with van der Waals surface area (Å²) in [4.78, 5) is 12.0. The monoisotopic (exact) mass is 279 g/mol. The summed E-state index contributed by atoms with van der Waals surface area (Å²) in [5.74, 6) is 0.702. The molecule has 0 aliphatic rings. The second kappa shape index (κ2) is 7.29. The van der Waals surface area contributed by atoms with Gasteiger partial charge in [-0.25, -0.2) is 0 Å². The Kier molecular flexibility index (Phi) is 6.02. The third kappa shape index (κ3) is 6.06. The number of hydrogen-bond acceptors (Lipinski definition) is 3. The van der Waals surface area contributed by atoms with Gasteiger partial charge in [-0.15, -0.1) is 0 Å². The predicted molar refractivity (Wildman–Crippen MR) is 79.8 cm³/mol. The van der Waals surface area contributed by atoms with E-state index in [0.717, 1.165) is 17.7 Å². The van der Waals surface area contributed by atoms with E-state index < -0.39 is 0 Å². The van der Waals surface area contributed by atoms with Crippen LogP contribution in [-0.2, 0) is 11.2 Å². The van der Waals surface area contributed by atoms with E-state index in [9.17, 15) is 9.90 Å². The molecule has 0 heterocycles. The van der Waals surface area contributed by atoms with Gasteiger partial charge in [-0.1, -0.05) is 32.9 Å². The summed E-state index contributed by atoms with van der Waals surface area (Å²) >= 11 is 0. The number of benzene rings is 1. The maximum Gasteiger partial charge on any atom is 0.224 e. The van der Waals surface area contributed by atoms with E-state index in [1.54, 1.807) is 7.11 Å². The number of amides is 1. The van der Waals surface area contributed by atoms with E-state index in [4.69, 9.17) is 4.74 Å². The molecule has 20 heavy (non-hydrogen) atoms. The number of hydrogen-bond donors (Lipinski definition) is 2.